The molecule has 0 bridgehead atoms. The number of aromatic nitrogens is 2. The summed E-state index contributed by atoms with van der Waals surface area (Å²) in [4.78, 5) is 19.5. The molecule has 0 fully saturated rings. The minimum Gasteiger partial charge on any atom is -0.465 e. The first-order chi connectivity index (χ1) is 7.54. The van der Waals surface area contributed by atoms with E-state index in [-0.39, 0.29) is 5.28 Å². The largest absolute Gasteiger partial charge is 0.465 e. The van der Waals surface area contributed by atoms with Crippen molar-refractivity contribution >= 4 is 28.7 Å². The summed E-state index contributed by atoms with van der Waals surface area (Å²) in [6.07, 6.45) is 0. The molecule has 2 aromatic heterocycles. The molecule has 0 aromatic carbocycles. The number of hydrogen-bond donors (Lipinski definition) is 0. The average molecular weight is 241 g/mol. The Morgan fingerprint density at radius 1 is 1.38 bits per heavy atom. The van der Waals surface area contributed by atoms with E-state index in [0.29, 0.717) is 28.1 Å². The summed E-state index contributed by atoms with van der Waals surface area (Å²) in [5, 5.41) is 0.643. The number of nitrogens with zero attached hydrogens (tertiary/aromatic N) is 2. The second-order valence-electron chi connectivity index (χ2n) is 3.28. The van der Waals surface area contributed by atoms with Gasteiger partial charge in [-0.15, -0.1) is 0 Å². The number of rotatable bonds is 1. The van der Waals surface area contributed by atoms with Crippen molar-refractivity contribution in [2.75, 3.05) is 7.11 Å². The third-order valence-electron chi connectivity index (χ3n) is 2.27. The lowest BCUT2D eigenvalue weighted by Crippen LogP contribution is -2.03. The zero-order valence-electron chi connectivity index (χ0n) is 9.00. The maximum absolute atomic E-state index is 11.6. The van der Waals surface area contributed by atoms with E-state index in [1.807, 2.05) is 0 Å². The number of esters is 1. The van der Waals surface area contributed by atoms with Gasteiger partial charge in [-0.3, -0.25) is 0 Å². The molecule has 5 nitrogen and oxygen atoms in total. The molecule has 16 heavy (non-hydrogen) atoms. The lowest BCUT2D eigenvalue weighted by Gasteiger charge is -1.99. The van der Waals surface area contributed by atoms with Gasteiger partial charge >= 0.3 is 5.97 Å². The molecule has 0 saturated carbocycles. The Morgan fingerprint density at radius 3 is 2.69 bits per heavy atom. The monoisotopic (exact) mass is 240 g/mol. The summed E-state index contributed by atoms with van der Waals surface area (Å²) in [6.45, 7) is 3.40. The molecular weight excluding hydrogens is 232 g/mol. The van der Waals surface area contributed by atoms with Crippen LogP contribution >= 0.6 is 11.6 Å². The number of halogens is 1. The second kappa shape index (κ2) is 3.75. The molecule has 0 aliphatic heterocycles. The van der Waals surface area contributed by atoms with Crippen LogP contribution in [0.4, 0.5) is 0 Å². The SMILES string of the molecule is COC(=O)c1c(C)oc2nc(Cl)nc(C)c12. The van der Waals surface area contributed by atoms with Crippen LogP contribution in [0.1, 0.15) is 21.8 Å². The Bertz CT molecular complexity index is 577. The number of ether oxygens (including phenoxy) is 1. The maximum Gasteiger partial charge on any atom is 0.342 e. The van der Waals surface area contributed by atoms with Crippen molar-refractivity contribution in [2.45, 2.75) is 13.8 Å². The van der Waals surface area contributed by atoms with Crippen molar-refractivity contribution in [2.24, 2.45) is 0 Å². The Kier molecular flexibility index (Phi) is 2.55. The maximum atomic E-state index is 11.6. The van der Waals surface area contributed by atoms with Crippen molar-refractivity contribution in [3.8, 4) is 0 Å². The van der Waals surface area contributed by atoms with Gasteiger partial charge in [0.05, 0.1) is 18.2 Å². The van der Waals surface area contributed by atoms with Gasteiger partial charge in [0.2, 0.25) is 11.0 Å². The predicted molar refractivity (Wildman–Crippen MR) is 57.6 cm³/mol. The van der Waals surface area contributed by atoms with Gasteiger partial charge in [-0.2, -0.15) is 4.98 Å². The van der Waals surface area contributed by atoms with Crippen LogP contribution in [0.3, 0.4) is 0 Å². The normalized spacial score (nSPS) is 10.8. The fourth-order valence-electron chi connectivity index (χ4n) is 1.60. The first-order valence-electron chi connectivity index (χ1n) is 4.56. The van der Waals surface area contributed by atoms with E-state index in [0.717, 1.165) is 0 Å². The minimum absolute atomic E-state index is 0.0927. The molecule has 0 aliphatic rings. The van der Waals surface area contributed by atoms with E-state index in [4.69, 9.17) is 16.0 Å². The minimum atomic E-state index is -0.467. The average Bonchev–Trinajstić information content (AvgIpc) is 2.53. The summed E-state index contributed by atoms with van der Waals surface area (Å²) in [5.74, 6) is -0.0215. The van der Waals surface area contributed by atoms with Gasteiger partial charge in [0.25, 0.3) is 0 Å². The van der Waals surface area contributed by atoms with E-state index in [1.54, 1.807) is 13.8 Å². The number of aryl methyl sites for hydroxylation is 2. The lowest BCUT2D eigenvalue weighted by atomic mass is 10.1. The summed E-state index contributed by atoms with van der Waals surface area (Å²) in [5.41, 5.74) is 1.24. The predicted octanol–water partition coefficient (Wildman–Crippen LogP) is 2.28. The third kappa shape index (κ3) is 1.53. The van der Waals surface area contributed by atoms with Gasteiger partial charge < -0.3 is 9.15 Å². The molecule has 0 aliphatic carbocycles. The summed E-state index contributed by atoms with van der Waals surface area (Å²) < 4.78 is 10.0. The fourth-order valence-corrected chi connectivity index (χ4v) is 1.80. The molecule has 0 radical (unpaired) electrons. The van der Waals surface area contributed by atoms with Crippen molar-refractivity contribution in [3.63, 3.8) is 0 Å². The molecule has 2 aromatic rings. The highest BCUT2D eigenvalue weighted by Gasteiger charge is 2.22. The van der Waals surface area contributed by atoms with Crippen LogP contribution in [0.2, 0.25) is 5.28 Å². The number of hydrogen-bond acceptors (Lipinski definition) is 5. The molecular formula is C10H9ClN2O3. The lowest BCUT2D eigenvalue weighted by molar-refractivity contribution is 0.0600. The second-order valence-corrected chi connectivity index (χ2v) is 3.62. The molecule has 0 unspecified atom stereocenters. The van der Waals surface area contributed by atoms with E-state index >= 15 is 0 Å². The number of carbonyl (C=O) groups is 1. The van der Waals surface area contributed by atoms with Crippen LogP contribution in [0.5, 0.6) is 0 Å². The Labute approximate surface area is 96.4 Å². The first kappa shape index (κ1) is 10.9. The van der Waals surface area contributed by atoms with Crippen molar-refractivity contribution < 1.29 is 13.9 Å². The van der Waals surface area contributed by atoms with Gasteiger partial charge in [0.1, 0.15) is 11.3 Å². The summed E-state index contributed by atoms with van der Waals surface area (Å²) in [6, 6.07) is 0. The van der Waals surface area contributed by atoms with Crippen LogP contribution < -0.4 is 0 Å². The highest BCUT2D eigenvalue weighted by atomic mass is 35.5. The molecule has 0 N–H and O–H groups in total. The molecule has 0 atom stereocenters. The fraction of sp³-hybridized carbons (Fsp3) is 0.300. The molecule has 0 amide bonds. The quantitative estimate of drug-likeness (QED) is 0.565. The Morgan fingerprint density at radius 2 is 2.06 bits per heavy atom. The highest BCUT2D eigenvalue weighted by molar-refractivity contribution is 6.28. The topological polar surface area (TPSA) is 65.2 Å². The molecule has 2 heterocycles. The van der Waals surface area contributed by atoms with E-state index in [9.17, 15) is 4.79 Å². The summed E-state index contributed by atoms with van der Waals surface area (Å²) in [7, 11) is 1.31. The highest BCUT2D eigenvalue weighted by Crippen LogP contribution is 2.27. The Balaban J connectivity index is 2.84. The Hall–Kier alpha value is -1.62. The van der Waals surface area contributed by atoms with Crippen LogP contribution in [0, 0.1) is 13.8 Å². The molecule has 0 saturated heterocycles. The molecule has 2 rings (SSSR count). The van der Waals surface area contributed by atoms with Gasteiger partial charge in [-0.1, -0.05) is 0 Å². The molecule has 6 heteroatoms. The van der Waals surface area contributed by atoms with Crippen molar-refractivity contribution in [1.29, 1.82) is 0 Å². The number of carbonyl (C=O) groups excluding carboxylic acids is 1. The van der Waals surface area contributed by atoms with Gasteiger partial charge in [0.15, 0.2) is 0 Å². The number of furan rings is 1. The number of fused-ring (bicyclic) bond motifs is 1. The van der Waals surface area contributed by atoms with Crippen LogP contribution in [0.25, 0.3) is 11.1 Å². The zero-order valence-corrected chi connectivity index (χ0v) is 9.75. The summed E-state index contributed by atoms with van der Waals surface area (Å²) >= 11 is 5.70. The first-order valence-corrected chi connectivity index (χ1v) is 4.94. The van der Waals surface area contributed by atoms with Crippen molar-refractivity contribution in [1.82, 2.24) is 9.97 Å². The van der Waals surface area contributed by atoms with Gasteiger partial charge in [-0.05, 0) is 25.4 Å². The van der Waals surface area contributed by atoms with Crippen LogP contribution in [-0.4, -0.2) is 23.0 Å². The third-order valence-corrected chi connectivity index (χ3v) is 2.44. The zero-order chi connectivity index (χ0) is 11.9. The number of methoxy groups -OCH3 is 1. The van der Waals surface area contributed by atoms with E-state index in [1.165, 1.54) is 7.11 Å². The van der Waals surface area contributed by atoms with E-state index in [2.05, 4.69) is 14.7 Å². The van der Waals surface area contributed by atoms with Crippen LogP contribution in [-0.2, 0) is 4.74 Å². The smallest absolute Gasteiger partial charge is 0.342 e. The standard InChI is InChI=1S/C10H9ClN2O3/c1-4-6-7(9(14)15-3)5(2)16-8(6)13-10(11)12-4/h1-3H3. The van der Waals surface area contributed by atoms with E-state index < -0.39 is 5.97 Å². The van der Waals surface area contributed by atoms with Crippen molar-refractivity contribution in [3.05, 3.63) is 22.3 Å². The van der Waals surface area contributed by atoms with Gasteiger partial charge in [-0.25, -0.2) is 9.78 Å². The molecule has 0 spiro atoms. The van der Waals surface area contributed by atoms with Crippen LogP contribution in [0.15, 0.2) is 4.42 Å². The van der Waals surface area contributed by atoms with Gasteiger partial charge in [0, 0.05) is 0 Å². The molecule has 84 valence electrons.